The quantitative estimate of drug-likeness (QED) is 0.477. The molecule has 2 amide bonds. The van der Waals surface area contributed by atoms with Crippen molar-refractivity contribution < 1.29 is 22.4 Å². The van der Waals surface area contributed by atoms with Gasteiger partial charge in [0.05, 0.1) is 10.6 Å². The highest BCUT2D eigenvalue weighted by Crippen LogP contribution is 2.38. The first-order valence-electron chi connectivity index (χ1n) is 10.3. The molecule has 0 saturated heterocycles. The number of amides is 2. The number of rotatable bonds is 7. The van der Waals surface area contributed by atoms with Gasteiger partial charge in [0, 0.05) is 22.9 Å². The molecule has 7 nitrogen and oxygen atoms in total. The molecule has 0 bridgehead atoms. The van der Waals surface area contributed by atoms with Gasteiger partial charge in [0.2, 0.25) is 5.91 Å². The minimum atomic E-state index is -3.92. The maximum absolute atomic E-state index is 13.3. The highest BCUT2D eigenvalue weighted by molar-refractivity contribution is 7.92. The molecule has 33 heavy (non-hydrogen) atoms. The van der Waals surface area contributed by atoms with Crippen molar-refractivity contribution in [2.75, 3.05) is 15.4 Å². The molecule has 9 heteroatoms. The smallest absolute Gasteiger partial charge is 0.261 e. The molecule has 0 aromatic heterocycles. The normalized spacial score (nSPS) is 17.2. The minimum Gasteiger partial charge on any atom is -0.326 e. The van der Waals surface area contributed by atoms with E-state index >= 15 is 0 Å². The number of anilines is 3. The summed E-state index contributed by atoms with van der Waals surface area (Å²) < 4.78 is 40.6. The Morgan fingerprint density at radius 3 is 2.21 bits per heavy atom. The number of benzene rings is 3. The molecule has 0 spiro atoms. The zero-order valence-electron chi connectivity index (χ0n) is 17.7. The van der Waals surface area contributed by atoms with E-state index in [0.717, 1.165) is 12.5 Å². The number of carbonyl (C=O) groups is 2. The molecule has 2 atom stereocenters. The van der Waals surface area contributed by atoms with E-state index in [1.54, 1.807) is 24.3 Å². The SMILES string of the molecule is CC1CC1C(=O)Nc1cccc(C(=O)Nc2ccc(S(=O)(=O)Nc3cccc(F)c3)cc2)c1. The minimum absolute atomic E-state index is 0.0210. The van der Waals surface area contributed by atoms with Crippen LogP contribution in [-0.2, 0) is 14.8 Å². The lowest BCUT2D eigenvalue weighted by molar-refractivity contribution is -0.117. The molecule has 1 fully saturated rings. The molecule has 4 rings (SSSR count). The van der Waals surface area contributed by atoms with Crippen molar-refractivity contribution in [3.8, 4) is 0 Å². The summed E-state index contributed by atoms with van der Waals surface area (Å²) in [4.78, 5) is 24.7. The van der Waals surface area contributed by atoms with Crippen molar-refractivity contribution in [3.05, 3.63) is 84.2 Å². The van der Waals surface area contributed by atoms with Crippen LogP contribution in [0.1, 0.15) is 23.7 Å². The number of nitrogens with one attached hydrogen (secondary N) is 3. The summed E-state index contributed by atoms with van der Waals surface area (Å²) in [6, 6.07) is 17.3. The van der Waals surface area contributed by atoms with E-state index in [1.165, 1.54) is 42.5 Å². The third-order valence-corrected chi connectivity index (χ3v) is 6.74. The van der Waals surface area contributed by atoms with Gasteiger partial charge < -0.3 is 10.6 Å². The van der Waals surface area contributed by atoms with E-state index < -0.39 is 21.7 Å². The predicted octanol–water partition coefficient (Wildman–Crippen LogP) is 4.47. The Hall–Kier alpha value is -3.72. The van der Waals surface area contributed by atoms with E-state index in [0.29, 0.717) is 22.9 Å². The van der Waals surface area contributed by atoms with E-state index in [2.05, 4.69) is 15.4 Å². The third-order valence-electron chi connectivity index (χ3n) is 5.34. The van der Waals surface area contributed by atoms with E-state index in [9.17, 15) is 22.4 Å². The number of hydrogen-bond acceptors (Lipinski definition) is 4. The van der Waals surface area contributed by atoms with Crippen molar-refractivity contribution in [3.63, 3.8) is 0 Å². The number of halogens is 1. The van der Waals surface area contributed by atoms with Gasteiger partial charge in [-0.2, -0.15) is 0 Å². The molecular formula is C24H22FN3O4S. The summed E-state index contributed by atoms with van der Waals surface area (Å²) in [6.45, 7) is 2.02. The lowest BCUT2D eigenvalue weighted by Gasteiger charge is -2.10. The van der Waals surface area contributed by atoms with Crippen molar-refractivity contribution in [1.29, 1.82) is 0 Å². The fraction of sp³-hybridized carbons (Fsp3) is 0.167. The van der Waals surface area contributed by atoms with Crippen LogP contribution < -0.4 is 15.4 Å². The molecule has 0 aliphatic heterocycles. The topological polar surface area (TPSA) is 104 Å². The van der Waals surface area contributed by atoms with Gasteiger partial charge in [0.1, 0.15) is 5.82 Å². The summed E-state index contributed by atoms with van der Waals surface area (Å²) in [5, 5.41) is 5.53. The first kappa shape index (κ1) is 22.5. The summed E-state index contributed by atoms with van der Waals surface area (Å²) in [5.74, 6) is -0.609. The Bertz CT molecular complexity index is 1310. The van der Waals surface area contributed by atoms with Crippen LogP contribution in [0.5, 0.6) is 0 Å². The van der Waals surface area contributed by atoms with Gasteiger partial charge in [-0.3, -0.25) is 14.3 Å². The average Bonchev–Trinajstić information content (AvgIpc) is 3.51. The van der Waals surface area contributed by atoms with Gasteiger partial charge in [-0.25, -0.2) is 12.8 Å². The van der Waals surface area contributed by atoms with Crippen LogP contribution in [0.2, 0.25) is 0 Å². The van der Waals surface area contributed by atoms with Crippen LogP contribution in [0.25, 0.3) is 0 Å². The lowest BCUT2D eigenvalue weighted by Crippen LogP contribution is -2.16. The first-order chi connectivity index (χ1) is 15.7. The molecule has 0 heterocycles. The van der Waals surface area contributed by atoms with Gasteiger partial charge in [-0.05, 0) is 73.0 Å². The van der Waals surface area contributed by atoms with E-state index in [4.69, 9.17) is 0 Å². The van der Waals surface area contributed by atoms with Gasteiger partial charge in [-0.15, -0.1) is 0 Å². The summed E-state index contributed by atoms with van der Waals surface area (Å²) in [5.41, 5.74) is 1.39. The molecule has 3 aromatic rings. The largest absolute Gasteiger partial charge is 0.326 e. The highest BCUT2D eigenvalue weighted by Gasteiger charge is 2.39. The molecule has 1 saturated carbocycles. The molecule has 1 aliphatic rings. The fourth-order valence-electron chi connectivity index (χ4n) is 3.35. The molecule has 2 unspecified atom stereocenters. The maximum Gasteiger partial charge on any atom is 0.261 e. The van der Waals surface area contributed by atoms with Crippen molar-refractivity contribution >= 4 is 38.9 Å². The van der Waals surface area contributed by atoms with Gasteiger partial charge in [0.25, 0.3) is 15.9 Å². The van der Waals surface area contributed by atoms with E-state index in [-0.39, 0.29) is 22.4 Å². The fourth-order valence-corrected chi connectivity index (χ4v) is 4.40. The Morgan fingerprint density at radius 2 is 1.55 bits per heavy atom. The van der Waals surface area contributed by atoms with Crippen LogP contribution in [0.15, 0.2) is 77.7 Å². The Labute approximate surface area is 191 Å². The molecule has 0 radical (unpaired) electrons. The third kappa shape index (κ3) is 5.56. The molecule has 3 aromatic carbocycles. The second-order valence-electron chi connectivity index (χ2n) is 7.98. The second kappa shape index (κ2) is 9.03. The highest BCUT2D eigenvalue weighted by atomic mass is 32.2. The summed E-state index contributed by atoms with van der Waals surface area (Å²) in [6.07, 6.45) is 0.871. The zero-order chi connectivity index (χ0) is 23.6. The van der Waals surface area contributed by atoms with Crippen molar-refractivity contribution in [2.24, 2.45) is 11.8 Å². The van der Waals surface area contributed by atoms with Gasteiger partial charge >= 0.3 is 0 Å². The van der Waals surface area contributed by atoms with Crippen molar-refractivity contribution in [2.45, 2.75) is 18.2 Å². The molecule has 1 aliphatic carbocycles. The van der Waals surface area contributed by atoms with Crippen LogP contribution in [0.4, 0.5) is 21.5 Å². The van der Waals surface area contributed by atoms with Crippen LogP contribution in [0.3, 0.4) is 0 Å². The van der Waals surface area contributed by atoms with E-state index in [1.807, 2.05) is 6.92 Å². The van der Waals surface area contributed by atoms with Gasteiger partial charge in [0.15, 0.2) is 0 Å². The first-order valence-corrected chi connectivity index (χ1v) is 11.8. The summed E-state index contributed by atoms with van der Waals surface area (Å²) in [7, 11) is -3.92. The Morgan fingerprint density at radius 1 is 0.879 bits per heavy atom. The maximum atomic E-state index is 13.3. The monoisotopic (exact) mass is 467 g/mol. The average molecular weight is 468 g/mol. The Balaban J connectivity index is 1.41. The molecular weight excluding hydrogens is 445 g/mol. The Kier molecular flexibility index (Phi) is 6.15. The molecule has 170 valence electrons. The van der Waals surface area contributed by atoms with Crippen LogP contribution in [0, 0.1) is 17.7 Å². The number of sulfonamides is 1. The predicted molar refractivity (Wildman–Crippen MR) is 124 cm³/mol. The van der Waals surface area contributed by atoms with Crippen LogP contribution in [-0.4, -0.2) is 20.2 Å². The van der Waals surface area contributed by atoms with Crippen LogP contribution >= 0.6 is 0 Å². The standard InChI is InChI=1S/C24H22FN3O4S/c1-15-12-22(15)24(30)27-19-6-2-4-16(13-19)23(29)26-18-8-10-21(11-9-18)33(31,32)28-20-7-3-5-17(25)14-20/h2-11,13-15,22,28H,12H2,1H3,(H,26,29)(H,27,30). The zero-order valence-corrected chi connectivity index (χ0v) is 18.5. The number of carbonyl (C=O) groups excluding carboxylic acids is 2. The summed E-state index contributed by atoms with van der Waals surface area (Å²) >= 11 is 0. The van der Waals surface area contributed by atoms with Gasteiger partial charge in [-0.1, -0.05) is 19.1 Å². The molecule has 3 N–H and O–H groups in total. The number of hydrogen-bond donors (Lipinski definition) is 3. The lowest BCUT2D eigenvalue weighted by atomic mass is 10.1. The second-order valence-corrected chi connectivity index (χ2v) is 9.67. The van der Waals surface area contributed by atoms with Crippen molar-refractivity contribution in [1.82, 2.24) is 0 Å².